The summed E-state index contributed by atoms with van der Waals surface area (Å²) < 4.78 is 0. The van der Waals surface area contributed by atoms with E-state index in [1.807, 2.05) is 66.9 Å². The van der Waals surface area contributed by atoms with Gasteiger partial charge in [0.2, 0.25) is 5.91 Å². The van der Waals surface area contributed by atoms with E-state index in [0.29, 0.717) is 17.9 Å². The molecule has 6 aromatic rings. The van der Waals surface area contributed by atoms with Crippen molar-refractivity contribution in [3.8, 4) is 33.8 Å². The zero-order valence-electron chi connectivity index (χ0n) is 21.5. The molecule has 40 heavy (non-hydrogen) atoms. The quantitative estimate of drug-likeness (QED) is 0.225. The number of H-pyrrole nitrogens is 2. The SMILES string of the molecule is O=C(CC1C=CC=CC1)Nc1cncc(-c2ccc3[nH]nc(-c4nc5c(-c6cccnc6)cccc5[nH]4)c3c2)c1. The van der Waals surface area contributed by atoms with Crippen LogP contribution in [0.25, 0.3) is 55.7 Å². The summed E-state index contributed by atoms with van der Waals surface area (Å²) in [5.74, 6) is 0.884. The highest BCUT2D eigenvalue weighted by Gasteiger charge is 2.16. The number of para-hydroxylation sites is 1. The molecule has 0 aliphatic heterocycles. The fraction of sp³-hybridized carbons (Fsp3) is 0.0938. The average Bonchev–Trinajstić information content (AvgIpc) is 3.62. The molecule has 1 aliphatic carbocycles. The van der Waals surface area contributed by atoms with Crippen LogP contribution in [0, 0.1) is 5.92 Å². The highest BCUT2D eigenvalue weighted by atomic mass is 16.1. The van der Waals surface area contributed by atoms with Gasteiger partial charge in [0.25, 0.3) is 0 Å². The molecule has 0 spiro atoms. The smallest absolute Gasteiger partial charge is 0.225 e. The van der Waals surface area contributed by atoms with Gasteiger partial charge < -0.3 is 10.3 Å². The molecular formula is C32H25N7O. The van der Waals surface area contributed by atoms with Gasteiger partial charge in [-0.2, -0.15) is 5.10 Å². The third kappa shape index (κ3) is 4.56. The number of fused-ring (bicyclic) bond motifs is 2. The number of allylic oxidation sites excluding steroid dienone is 4. The van der Waals surface area contributed by atoms with E-state index in [0.717, 1.165) is 56.3 Å². The second-order valence-electron chi connectivity index (χ2n) is 9.88. The molecule has 1 atom stereocenters. The average molecular weight is 524 g/mol. The first-order chi connectivity index (χ1) is 19.7. The Morgan fingerprint density at radius 2 is 1.88 bits per heavy atom. The fourth-order valence-corrected chi connectivity index (χ4v) is 5.17. The molecule has 1 aliphatic rings. The number of benzene rings is 2. The molecule has 4 aromatic heterocycles. The number of carbonyl (C=O) groups excluding carboxylic acids is 1. The third-order valence-corrected chi connectivity index (χ3v) is 7.14. The maximum atomic E-state index is 12.6. The minimum absolute atomic E-state index is 0.0213. The Kier molecular flexibility index (Phi) is 5.97. The van der Waals surface area contributed by atoms with Gasteiger partial charge in [0.1, 0.15) is 5.69 Å². The van der Waals surface area contributed by atoms with Gasteiger partial charge in [-0.1, -0.05) is 48.6 Å². The number of aromatic nitrogens is 6. The van der Waals surface area contributed by atoms with Crippen molar-refractivity contribution >= 4 is 33.5 Å². The van der Waals surface area contributed by atoms with Crippen molar-refractivity contribution in [2.75, 3.05) is 5.32 Å². The molecule has 2 aromatic carbocycles. The number of imidazole rings is 1. The molecule has 0 radical (unpaired) electrons. The Balaban J connectivity index is 1.20. The van der Waals surface area contributed by atoms with E-state index < -0.39 is 0 Å². The normalized spacial score (nSPS) is 14.7. The number of hydrogen-bond acceptors (Lipinski definition) is 5. The van der Waals surface area contributed by atoms with Gasteiger partial charge in [0.05, 0.1) is 28.4 Å². The van der Waals surface area contributed by atoms with Crippen LogP contribution in [-0.2, 0) is 4.79 Å². The first-order valence-electron chi connectivity index (χ1n) is 13.2. The van der Waals surface area contributed by atoms with Crippen LogP contribution < -0.4 is 5.32 Å². The molecule has 194 valence electrons. The van der Waals surface area contributed by atoms with Crippen molar-refractivity contribution in [3.63, 3.8) is 0 Å². The predicted octanol–water partition coefficient (Wildman–Crippen LogP) is 6.69. The van der Waals surface area contributed by atoms with Crippen LogP contribution in [-0.4, -0.2) is 36.0 Å². The molecule has 0 saturated heterocycles. The van der Waals surface area contributed by atoms with E-state index in [4.69, 9.17) is 4.98 Å². The number of amides is 1. The molecule has 4 heterocycles. The highest BCUT2D eigenvalue weighted by molar-refractivity contribution is 5.98. The second-order valence-corrected chi connectivity index (χ2v) is 9.88. The maximum absolute atomic E-state index is 12.6. The van der Waals surface area contributed by atoms with Gasteiger partial charge in [-0.25, -0.2) is 4.98 Å². The van der Waals surface area contributed by atoms with E-state index in [2.05, 4.69) is 48.7 Å². The van der Waals surface area contributed by atoms with E-state index in [1.54, 1.807) is 18.6 Å². The molecule has 0 fully saturated rings. The predicted molar refractivity (Wildman–Crippen MR) is 157 cm³/mol. The van der Waals surface area contributed by atoms with Crippen LogP contribution in [0.1, 0.15) is 12.8 Å². The van der Waals surface area contributed by atoms with E-state index in [9.17, 15) is 4.79 Å². The van der Waals surface area contributed by atoms with Gasteiger partial charge >= 0.3 is 0 Å². The van der Waals surface area contributed by atoms with Gasteiger partial charge in [-0.15, -0.1) is 0 Å². The van der Waals surface area contributed by atoms with Crippen LogP contribution in [0.4, 0.5) is 5.69 Å². The van der Waals surface area contributed by atoms with Crippen molar-refractivity contribution < 1.29 is 4.79 Å². The standard InChI is InChI=1S/C32H25N7O/c40-29(14-20-6-2-1-3-7-20)35-24-15-23(18-34-19-24)21-11-12-27-26(16-21)31(39-38-27)32-36-28-10-4-9-25(30(28)37-32)22-8-5-13-33-17-22/h1-6,8-13,15-20H,7,14H2,(H,35,40)(H,36,37)(H,38,39). The first kappa shape index (κ1) is 23.7. The molecule has 3 N–H and O–H groups in total. The number of rotatable bonds is 6. The van der Waals surface area contributed by atoms with E-state index in [1.165, 1.54) is 0 Å². The molecule has 0 bridgehead atoms. The van der Waals surface area contributed by atoms with Gasteiger partial charge in [-0.3, -0.25) is 19.9 Å². The maximum Gasteiger partial charge on any atom is 0.225 e. The number of nitrogens with one attached hydrogen (secondary N) is 3. The largest absolute Gasteiger partial charge is 0.337 e. The fourth-order valence-electron chi connectivity index (χ4n) is 5.17. The minimum Gasteiger partial charge on any atom is -0.337 e. The number of nitrogens with zero attached hydrogens (tertiary/aromatic N) is 4. The summed E-state index contributed by atoms with van der Waals surface area (Å²) in [5.41, 5.74) is 7.98. The lowest BCUT2D eigenvalue weighted by Gasteiger charge is -2.13. The molecular weight excluding hydrogens is 498 g/mol. The van der Waals surface area contributed by atoms with Crippen LogP contribution >= 0.6 is 0 Å². The molecule has 8 heteroatoms. The lowest BCUT2D eigenvalue weighted by atomic mass is 9.97. The number of hydrogen-bond donors (Lipinski definition) is 3. The van der Waals surface area contributed by atoms with Crippen molar-refractivity contribution in [2.45, 2.75) is 12.8 Å². The molecule has 7 rings (SSSR count). The lowest BCUT2D eigenvalue weighted by molar-refractivity contribution is -0.116. The van der Waals surface area contributed by atoms with E-state index in [-0.39, 0.29) is 11.8 Å². The first-order valence-corrected chi connectivity index (χ1v) is 13.2. The van der Waals surface area contributed by atoms with E-state index >= 15 is 0 Å². The Hall–Kier alpha value is -5.37. The van der Waals surface area contributed by atoms with Crippen LogP contribution in [0.5, 0.6) is 0 Å². The zero-order valence-corrected chi connectivity index (χ0v) is 21.5. The third-order valence-electron chi connectivity index (χ3n) is 7.14. The zero-order chi connectivity index (χ0) is 26.9. The second kappa shape index (κ2) is 10.1. The lowest BCUT2D eigenvalue weighted by Crippen LogP contribution is -2.16. The summed E-state index contributed by atoms with van der Waals surface area (Å²) >= 11 is 0. The Morgan fingerprint density at radius 1 is 0.925 bits per heavy atom. The highest BCUT2D eigenvalue weighted by Crippen LogP contribution is 2.33. The molecule has 1 unspecified atom stereocenters. The topological polar surface area (TPSA) is 112 Å². The Labute approximate surface area is 229 Å². The number of aromatic amines is 2. The van der Waals surface area contributed by atoms with Gasteiger partial charge in [0.15, 0.2) is 5.82 Å². The summed E-state index contributed by atoms with van der Waals surface area (Å²) in [6.45, 7) is 0. The summed E-state index contributed by atoms with van der Waals surface area (Å²) in [5, 5.41) is 11.7. The summed E-state index contributed by atoms with van der Waals surface area (Å²) in [4.78, 5) is 29.7. The summed E-state index contributed by atoms with van der Waals surface area (Å²) in [6.07, 6.45) is 16.6. The minimum atomic E-state index is -0.0213. The van der Waals surface area contributed by atoms with Crippen molar-refractivity contribution in [3.05, 3.63) is 104 Å². The van der Waals surface area contributed by atoms with Crippen molar-refractivity contribution in [1.29, 1.82) is 0 Å². The van der Waals surface area contributed by atoms with Crippen LogP contribution in [0.2, 0.25) is 0 Å². The van der Waals surface area contributed by atoms with Crippen LogP contribution in [0.3, 0.4) is 0 Å². The van der Waals surface area contributed by atoms with Gasteiger partial charge in [0, 0.05) is 47.1 Å². The number of carbonyl (C=O) groups is 1. The summed E-state index contributed by atoms with van der Waals surface area (Å²) in [6, 6.07) is 18.1. The van der Waals surface area contributed by atoms with Crippen molar-refractivity contribution in [2.24, 2.45) is 5.92 Å². The molecule has 0 saturated carbocycles. The Bertz CT molecular complexity index is 1920. The van der Waals surface area contributed by atoms with Gasteiger partial charge in [-0.05, 0) is 48.2 Å². The Morgan fingerprint density at radius 3 is 2.75 bits per heavy atom. The number of pyridine rings is 2. The summed E-state index contributed by atoms with van der Waals surface area (Å²) in [7, 11) is 0. The van der Waals surface area contributed by atoms with Crippen LogP contribution in [0.15, 0.2) is 104 Å². The number of anilines is 1. The monoisotopic (exact) mass is 523 g/mol. The van der Waals surface area contributed by atoms with Crippen molar-refractivity contribution in [1.82, 2.24) is 30.1 Å². The molecule has 1 amide bonds. The molecule has 8 nitrogen and oxygen atoms in total.